The fourth-order valence-corrected chi connectivity index (χ4v) is 3.39. The number of hydrogen-bond acceptors (Lipinski definition) is 5. The van der Waals surface area contributed by atoms with Crippen molar-refractivity contribution in [3.63, 3.8) is 0 Å². The second-order valence-electron chi connectivity index (χ2n) is 7.48. The molecule has 0 fully saturated rings. The number of nitrogens with one attached hydrogen (secondary N) is 1. The van der Waals surface area contributed by atoms with Crippen LogP contribution in [0.3, 0.4) is 0 Å². The van der Waals surface area contributed by atoms with Gasteiger partial charge in [0.25, 0.3) is 5.95 Å². The number of nitrogens with zero attached hydrogens (tertiary/aromatic N) is 5. The third-order valence-electron chi connectivity index (χ3n) is 4.81. The Bertz CT molecular complexity index is 996. The van der Waals surface area contributed by atoms with Crippen molar-refractivity contribution in [2.75, 3.05) is 18.0 Å². The normalized spacial score (nSPS) is 15.8. The number of hydrogen-bond donors (Lipinski definition) is 1. The van der Waals surface area contributed by atoms with Gasteiger partial charge in [0.1, 0.15) is 12.6 Å². The molecule has 0 saturated carbocycles. The summed E-state index contributed by atoms with van der Waals surface area (Å²) in [6.45, 7) is 4.92. The van der Waals surface area contributed by atoms with Crippen molar-refractivity contribution in [1.29, 1.82) is 0 Å². The van der Waals surface area contributed by atoms with Crippen LogP contribution >= 0.6 is 0 Å². The summed E-state index contributed by atoms with van der Waals surface area (Å²) in [4.78, 5) is 14.5. The molecule has 3 aromatic rings. The second kappa shape index (κ2) is 8.26. The molecule has 1 aliphatic rings. The number of carbonyl (C=O) groups is 1. The standard InChI is InChI=1S/C22H24N6O/c1-16(2)14-23-21(29)15-27-19(17-9-5-3-6-10-17)13-20(18-11-7-4-8-12-18)28-22(27)24-25-26-28/h3-13,16,20H,14-15H2,1-2H3,(H,23,29). The van der Waals surface area contributed by atoms with Crippen molar-refractivity contribution < 1.29 is 4.79 Å². The molecule has 0 spiro atoms. The molecule has 1 aliphatic heterocycles. The van der Waals surface area contributed by atoms with E-state index in [0.717, 1.165) is 16.8 Å². The molecule has 2 aromatic carbocycles. The molecule has 148 valence electrons. The maximum Gasteiger partial charge on any atom is 0.251 e. The van der Waals surface area contributed by atoms with Crippen molar-refractivity contribution in [2.45, 2.75) is 19.9 Å². The van der Waals surface area contributed by atoms with Crippen molar-refractivity contribution in [3.05, 3.63) is 77.9 Å². The molecule has 4 rings (SSSR count). The highest BCUT2D eigenvalue weighted by molar-refractivity contribution is 5.89. The van der Waals surface area contributed by atoms with Crippen LogP contribution in [-0.2, 0) is 4.79 Å². The number of amides is 1. The summed E-state index contributed by atoms with van der Waals surface area (Å²) in [5.41, 5.74) is 3.01. The van der Waals surface area contributed by atoms with Gasteiger partial charge in [0.2, 0.25) is 5.91 Å². The monoisotopic (exact) mass is 388 g/mol. The van der Waals surface area contributed by atoms with Gasteiger partial charge >= 0.3 is 0 Å². The van der Waals surface area contributed by atoms with Gasteiger partial charge in [0, 0.05) is 6.54 Å². The number of tetrazole rings is 1. The van der Waals surface area contributed by atoms with Gasteiger partial charge in [-0.2, -0.15) is 4.68 Å². The smallest absolute Gasteiger partial charge is 0.251 e. The summed E-state index contributed by atoms with van der Waals surface area (Å²) in [5, 5.41) is 15.3. The van der Waals surface area contributed by atoms with Gasteiger partial charge in [-0.1, -0.05) is 79.6 Å². The molecular formula is C22H24N6O. The second-order valence-corrected chi connectivity index (χ2v) is 7.48. The molecule has 0 radical (unpaired) electrons. The molecule has 1 unspecified atom stereocenters. The van der Waals surface area contributed by atoms with E-state index in [1.165, 1.54) is 0 Å². The number of allylic oxidation sites excluding steroid dienone is 1. The number of rotatable bonds is 6. The molecule has 1 aromatic heterocycles. The Balaban J connectivity index is 1.74. The third-order valence-corrected chi connectivity index (χ3v) is 4.81. The Kier molecular flexibility index (Phi) is 5.37. The van der Waals surface area contributed by atoms with Crippen molar-refractivity contribution >= 4 is 17.6 Å². The van der Waals surface area contributed by atoms with E-state index >= 15 is 0 Å². The van der Waals surface area contributed by atoms with Gasteiger partial charge in [-0.25, -0.2) is 0 Å². The van der Waals surface area contributed by atoms with Crippen molar-refractivity contribution in [3.8, 4) is 0 Å². The fourth-order valence-electron chi connectivity index (χ4n) is 3.39. The largest absolute Gasteiger partial charge is 0.354 e. The molecule has 29 heavy (non-hydrogen) atoms. The predicted molar refractivity (Wildman–Crippen MR) is 112 cm³/mol. The van der Waals surface area contributed by atoms with Crippen LogP contribution < -0.4 is 10.2 Å². The van der Waals surface area contributed by atoms with Crippen LogP contribution in [0.15, 0.2) is 66.7 Å². The van der Waals surface area contributed by atoms with Crippen molar-refractivity contribution in [1.82, 2.24) is 25.5 Å². The topological polar surface area (TPSA) is 75.9 Å². The summed E-state index contributed by atoms with van der Waals surface area (Å²) < 4.78 is 1.76. The Morgan fingerprint density at radius 2 is 1.76 bits per heavy atom. The third kappa shape index (κ3) is 4.03. The minimum absolute atomic E-state index is 0.0618. The average Bonchev–Trinajstić information content (AvgIpc) is 3.24. The quantitative estimate of drug-likeness (QED) is 0.703. The summed E-state index contributed by atoms with van der Waals surface area (Å²) in [5.74, 6) is 0.880. The van der Waals surface area contributed by atoms with E-state index in [1.54, 1.807) is 4.68 Å². The lowest BCUT2D eigenvalue weighted by atomic mass is 10.0. The minimum atomic E-state index is -0.147. The van der Waals surface area contributed by atoms with E-state index in [-0.39, 0.29) is 18.5 Å². The van der Waals surface area contributed by atoms with E-state index < -0.39 is 0 Å². The summed E-state index contributed by atoms with van der Waals surface area (Å²) in [6, 6.07) is 20.0. The number of aromatic nitrogens is 4. The van der Waals surface area contributed by atoms with E-state index in [0.29, 0.717) is 18.4 Å². The predicted octanol–water partition coefficient (Wildman–Crippen LogP) is 2.90. The first-order chi connectivity index (χ1) is 14.1. The van der Waals surface area contributed by atoms with E-state index in [4.69, 9.17) is 0 Å². The lowest BCUT2D eigenvalue weighted by Gasteiger charge is -2.32. The Morgan fingerprint density at radius 1 is 1.07 bits per heavy atom. The zero-order valence-corrected chi connectivity index (χ0v) is 16.6. The molecule has 1 atom stereocenters. The minimum Gasteiger partial charge on any atom is -0.354 e. The summed E-state index contributed by atoms with van der Waals surface area (Å²) >= 11 is 0. The first kappa shape index (κ1) is 18.9. The highest BCUT2D eigenvalue weighted by Crippen LogP contribution is 2.35. The maximum atomic E-state index is 12.6. The van der Waals surface area contributed by atoms with Crippen LogP contribution in [0.5, 0.6) is 0 Å². The SMILES string of the molecule is CC(C)CNC(=O)CN1C(c2ccccc2)=CC(c2ccccc2)n2nnnc21. The van der Waals surface area contributed by atoms with Gasteiger partial charge in [-0.3, -0.25) is 9.69 Å². The molecule has 7 heteroatoms. The highest BCUT2D eigenvalue weighted by atomic mass is 16.2. The van der Waals surface area contributed by atoms with Gasteiger partial charge < -0.3 is 5.32 Å². The molecule has 7 nitrogen and oxygen atoms in total. The van der Waals surface area contributed by atoms with Crippen LogP contribution in [0, 0.1) is 5.92 Å². The Labute approximate surface area is 170 Å². The van der Waals surface area contributed by atoms with Gasteiger partial charge in [0.15, 0.2) is 0 Å². The Hall–Kier alpha value is -3.48. The van der Waals surface area contributed by atoms with Crippen LogP contribution in [-0.4, -0.2) is 39.2 Å². The lowest BCUT2D eigenvalue weighted by molar-refractivity contribution is -0.119. The fraction of sp³-hybridized carbons (Fsp3) is 0.273. The molecule has 1 amide bonds. The van der Waals surface area contributed by atoms with Crippen LogP contribution in [0.1, 0.15) is 31.0 Å². The first-order valence-electron chi connectivity index (χ1n) is 9.78. The molecule has 0 bridgehead atoms. The number of carbonyl (C=O) groups excluding carboxylic acids is 1. The van der Waals surface area contributed by atoms with Gasteiger partial charge in [0.05, 0.1) is 5.70 Å². The zero-order valence-electron chi connectivity index (χ0n) is 16.6. The van der Waals surface area contributed by atoms with Crippen LogP contribution in [0.2, 0.25) is 0 Å². The summed E-state index contributed by atoms with van der Waals surface area (Å²) in [6.07, 6.45) is 2.11. The van der Waals surface area contributed by atoms with E-state index in [1.807, 2.05) is 53.4 Å². The molecule has 2 heterocycles. The molecule has 0 aliphatic carbocycles. The average molecular weight is 388 g/mol. The summed E-state index contributed by atoms with van der Waals surface area (Å²) in [7, 11) is 0. The lowest BCUT2D eigenvalue weighted by Crippen LogP contribution is -2.41. The molecule has 1 N–H and O–H groups in total. The number of anilines is 1. The highest BCUT2D eigenvalue weighted by Gasteiger charge is 2.31. The van der Waals surface area contributed by atoms with Crippen LogP contribution in [0.4, 0.5) is 5.95 Å². The number of fused-ring (bicyclic) bond motifs is 1. The Morgan fingerprint density at radius 3 is 2.45 bits per heavy atom. The van der Waals surface area contributed by atoms with Gasteiger partial charge in [-0.05, 0) is 33.5 Å². The van der Waals surface area contributed by atoms with Crippen molar-refractivity contribution in [2.24, 2.45) is 5.92 Å². The van der Waals surface area contributed by atoms with E-state index in [9.17, 15) is 4.79 Å². The molecule has 0 saturated heterocycles. The van der Waals surface area contributed by atoms with E-state index in [2.05, 4.69) is 52.9 Å². The van der Waals surface area contributed by atoms with Crippen LogP contribution in [0.25, 0.3) is 5.70 Å². The maximum absolute atomic E-state index is 12.6. The van der Waals surface area contributed by atoms with Gasteiger partial charge in [-0.15, -0.1) is 0 Å². The number of benzene rings is 2. The zero-order chi connectivity index (χ0) is 20.2. The molecular weight excluding hydrogens is 364 g/mol. The first-order valence-corrected chi connectivity index (χ1v) is 9.78.